The Hall–Kier alpha value is -2.31. The molecule has 1 heterocycles. The Balaban J connectivity index is 1.62. The highest BCUT2D eigenvalue weighted by molar-refractivity contribution is 9.10. The molecule has 24 heavy (non-hydrogen) atoms. The monoisotopic (exact) mass is 407 g/mol. The number of anilines is 1. The number of para-hydroxylation sites is 1. The molecule has 7 heteroatoms. The van der Waals surface area contributed by atoms with Crippen molar-refractivity contribution in [3.05, 3.63) is 63.8 Å². The van der Waals surface area contributed by atoms with Crippen molar-refractivity contribution in [2.75, 3.05) is 11.9 Å². The number of rotatable bonds is 4. The number of benzene rings is 2. The van der Waals surface area contributed by atoms with Gasteiger partial charge < -0.3 is 14.5 Å². The van der Waals surface area contributed by atoms with Gasteiger partial charge in [0.25, 0.3) is 5.91 Å². The van der Waals surface area contributed by atoms with E-state index in [4.69, 9.17) is 20.8 Å². The van der Waals surface area contributed by atoms with E-state index in [1.54, 1.807) is 36.4 Å². The van der Waals surface area contributed by atoms with Crippen LogP contribution in [0.5, 0.6) is 0 Å². The lowest BCUT2D eigenvalue weighted by atomic mass is 10.2. The van der Waals surface area contributed by atoms with Gasteiger partial charge in [0.05, 0.1) is 5.69 Å². The molecular weight excluding hydrogens is 398 g/mol. The Morgan fingerprint density at radius 1 is 1.17 bits per heavy atom. The standard InChI is InChI=1S/C17H11BrClNO4/c18-12-3-1-2-4-13(12)20-16(21)9-23-17(22)15-8-10-7-11(19)5-6-14(10)24-15/h1-8H,9H2,(H,20,21). The number of nitrogens with one attached hydrogen (secondary N) is 1. The molecule has 1 amide bonds. The van der Waals surface area contributed by atoms with Gasteiger partial charge >= 0.3 is 5.97 Å². The second-order valence-corrected chi connectivity index (χ2v) is 6.19. The molecular formula is C17H11BrClNO4. The molecule has 122 valence electrons. The lowest BCUT2D eigenvalue weighted by Gasteiger charge is -2.07. The van der Waals surface area contributed by atoms with E-state index >= 15 is 0 Å². The number of hydrogen-bond donors (Lipinski definition) is 1. The molecule has 0 unspecified atom stereocenters. The fourth-order valence-electron chi connectivity index (χ4n) is 2.07. The zero-order valence-electron chi connectivity index (χ0n) is 12.2. The van der Waals surface area contributed by atoms with Crippen LogP contribution in [0.4, 0.5) is 5.69 Å². The third-order valence-electron chi connectivity index (χ3n) is 3.16. The van der Waals surface area contributed by atoms with E-state index in [-0.39, 0.29) is 5.76 Å². The van der Waals surface area contributed by atoms with Gasteiger partial charge in [-0.15, -0.1) is 0 Å². The number of fused-ring (bicyclic) bond motifs is 1. The number of ether oxygens (including phenoxy) is 1. The first-order valence-corrected chi connectivity index (χ1v) is 8.10. The quantitative estimate of drug-likeness (QED) is 0.638. The van der Waals surface area contributed by atoms with E-state index in [0.29, 0.717) is 21.7 Å². The number of amides is 1. The van der Waals surface area contributed by atoms with E-state index in [0.717, 1.165) is 4.47 Å². The fraction of sp³-hybridized carbons (Fsp3) is 0.0588. The van der Waals surface area contributed by atoms with Crippen molar-refractivity contribution in [1.29, 1.82) is 0 Å². The van der Waals surface area contributed by atoms with Crippen molar-refractivity contribution in [2.45, 2.75) is 0 Å². The molecule has 0 aliphatic heterocycles. The van der Waals surface area contributed by atoms with Crippen LogP contribution in [0.1, 0.15) is 10.6 Å². The van der Waals surface area contributed by atoms with Gasteiger partial charge in [-0.3, -0.25) is 4.79 Å². The maximum atomic E-state index is 12.0. The van der Waals surface area contributed by atoms with Gasteiger partial charge in [-0.25, -0.2) is 4.79 Å². The Bertz CT molecular complexity index is 922. The molecule has 2 aromatic carbocycles. The SMILES string of the molecule is O=C(COC(=O)c1cc2cc(Cl)ccc2o1)Nc1ccccc1Br. The second kappa shape index (κ2) is 7.07. The first-order valence-electron chi connectivity index (χ1n) is 6.93. The van der Waals surface area contributed by atoms with E-state index < -0.39 is 18.5 Å². The molecule has 5 nitrogen and oxygen atoms in total. The summed E-state index contributed by atoms with van der Waals surface area (Å²) in [4.78, 5) is 23.8. The Labute approximate surface area is 150 Å². The third-order valence-corrected chi connectivity index (χ3v) is 4.09. The summed E-state index contributed by atoms with van der Waals surface area (Å²) in [6.07, 6.45) is 0. The number of esters is 1. The predicted octanol–water partition coefficient (Wildman–Crippen LogP) is 4.64. The highest BCUT2D eigenvalue weighted by atomic mass is 79.9. The average molecular weight is 409 g/mol. The van der Waals surface area contributed by atoms with Crippen LogP contribution < -0.4 is 5.32 Å². The highest BCUT2D eigenvalue weighted by Crippen LogP contribution is 2.24. The molecule has 0 saturated heterocycles. The first kappa shape index (κ1) is 16.5. The van der Waals surface area contributed by atoms with E-state index in [1.807, 2.05) is 6.07 Å². The van der Waals surface area contributed by atoms with Crippen molar-refractivity contribution in [3.8, 4) is 0 Å². The van der Waals surface area contributed by atoms with E-state index in [1.165, 1.54) is 6.07 Å². The summed E-state index contributed by atoms with van der Waals surface area (Å²) in [6.45, 7) is -0.419. The largest absolute Gasteiger partial charge is 0.450 e. The van der Waals surface area contributed by atoms with Gasteiger partial charge in [0.1, 0.15) is 5.58 Å². The molecule has 0 radical (unpaired) electrons. The van der Waals surface area contributed by atoms with Crippen molar-refractivity contribution in [1.82, 2.24) is 0 Å². The first-order chi connectivity index (χ1) is 11.5. The number of carbonyl (C=O) groups excluding carboxylic acids is 2. The number of hydrogen-bond acceptors (Lipinski definition) is 4. The lowest BCUT2D eigenvalue weighted by Crippen LogP contribution is -2.20. The van der Waals surface area contributed by atoms with E-state index in [2.05, 4.69) is 21.2 Å². The summed E-state index contributed by atoms with van der Waals surface area (Å²) >= 11 is 9.20. The van der Waals surface area contributed by atoms with Crippen LogP contribution in [-0.2, 0) is 9.53 Å². The molecule has 0 spiro atoms. The molecule has 0 atom stereocenters. The van der Waals surface area contributed by atoms with Crippen LogP contribution in [0.2, 0.25) is 5.02 Å². The zero-order valence-corrected chi connectivity index (χ0v) is 14.6. The second-order valence-electron chi connectivity index (χ2n) is 4.90. The minimum Gasteiger partial charge on any atom is -0.450 e. The molecule has 3 rings (SSSR count). The number of furan rings is 1. The summed E-state index contributed by atoms with van der Waals surface area (Å²) in [5, 5.41) is 3.87. The van der Waals surface area contributed by atoms with Gasteiger partial charge in [-0.1, -0.05) is 23.7 Å². The number of halogens is 2. The van der Waals surface area contributed by atoms with Crippen molar-refractivity contribution in [2.24, 2.45) is 0 Å². The van der Waals surface area contributed by atoms with Crippen molar-refractivity contribution >= 4 is 56.1 Å². The molecule has 1 N–H and O–H groups in total. The predicted molar refractivity (Wildman–Crippen MR) is 94.3 cm³/mol. The normalized spacial score (nSPS) is 10.6. The fourth-order valence-corrected chi connectivity index (χ4v) is 2.63. The van der Waals surface area contributed by atoms with Crippen molar-refractivity contribution in [3.63, 3.8) is 0 Å². The molecule has 3 aromatic rings. The van der Waals surface area contributed by atoms with Crippen LogP contribution in [-0.4, -0.2) is 18.5 Å². The minimum absolute atomic E-state index is 0.0148. The van der Waals surface area contributed by atoms with Gasteiger partial charge in [-0.05, 0) is 52.3 Å². The highest BCUT2D eigenvalue weighted by Gasteiger charge is 2.16. The Morgan fingerprint density at radius 2 is 1.96 bits per heavy atom. The summed E-state index contributed by atoms with van der Waals surface area (Å²) in [5.74, 6) is -1.15. The maximum absolute atomic E-state index is 12.0. The topological polar surface area (TPSA) is 68.5 Å². The van der Waals surface area contributed by atoms with Gasteiger partial charge in [0.15, 0.2) is 6.61 Å². The summed E-state index contributed by atoms with van der Waals surface area (Å²) in [5.41, 5.74) is 1.11. The van der Waals surface area contributed by atoms with Gasteiger partial charge in [0, 0.05) is 14.9 Å². The molecule has 0 aliphatic carbocycles. The smallest absolute Gasteiger partial charge is 0.374 e. The van der Waals surface area contributed by atoms with Gasteiger partial charge in [-0.2, -0.15) is 0 Å². The summed E-state index contributed by atoms with van der Waals surface area (Å²) < 4.78 is 11.1. The zero-order chi connectivity index (χ0) is 17.1. The average Bonchev–Trinajstić information content (AvgIpc) is 2.98. The van der Waals surface area contributed by atoms with Crippen LogP contribution in [0.3, 0.4) is 0 Å². The Kier molecular flexibility index (Phi) is 4.87. The maximum Gasteiger partial charge on any atom is 0.374 e. The van der Waals surface area contributed by atoms with Crippen LogP contribution >= 0.6 is 27.5 Å². The lowest BCUT2D eigenvalue weighted by molar-refractivity contribution is -0.119. The third kappa shape index (κ3) is 3.77. The summed E-state index contributed by atoms with van der Waals surface area (Å²) in [6, 6.07) is 13.7. The van der Waals surface area contributed by atoms with Crippen LogP contribution in [0, 0.1) is 0 Å². The van der Waals surface area contributed by atoms with Crippen LogP contribution in [0.15, 0.2) is 57.4 Å². The number of carbonyl (C=O) groups is 2. The van der Waals surface area contributed by atoms with Crippen molar-refractivity contribution < 1.29 is 18.7 Å². The molecule has 0 fully saturated rings. The Morgan fingerprint density at radius 3 is 2.75 bits per heavy atom. The van der Waals surface area contributed by atoms with Crippen LogP contribution in [0.25, 0.3) is 11.0 Å². The molecule has 0 aliphatic rings. The minimum atomic E-state index is -0.718. The van der Waals surface area contributed by atoms with E-state index in [9.17, 15) is 9.59 Å². The summed E-state index contributed by atoms with van der Waals surface area (Å²) in [7, 11) is 0. The molecule has 1 aromatic heterocycles. The molecule has 0 bridgehead atoms. The molecule has 0 saturated carbocycles. The van der Waals surface area contributed by atoms with Gasteiger partial charge in [0.2, 0.25) is 5.76 Å².